The van der Waals surface area contributed by atoms with E-state index in [0.717, 1.165) is 50.4 Å². The smallest absolute Gasteiger partial charge is 0.303 e. The predicted octanol–water partition coefficient (Wildman–Crippen LogP) is 3.80. The molecule has 3 saturated carbocycles. The zero-order chi connectivity index (χ0) is 18.7. The first-order valence-corrected chi connectivity index (χ1v) is 9.90. The van der Waals surface area contributed by atoms with Crippen LogP contribution in [0.25, 0.3) is 0 Å². The molecule has 0 aliphatic heterocycles. The Morgan fingerprint density at radius 3 is 2.73 bits per heavy atom. The van der Waals surface area contributed by atoms with Gasteiger partial charge >= 0.3 is 5.97 Å². The normalized spacial score (nSPS) is 44.5. The first-order chi connectivity index (χ1) is 12.3. The standard InChI is InChI=1S/C22H28O4/c1-13-10-20-19-6-4-15-11-16(25)5-7-17(15)18(19)8-9-21(20,3)22(13,12-23)26-14(2)24/h11-12,17-20H,1,4-10H2,2-3H3/t17-,18+,19+,20-,21-,22-/m0/s1. The van der Waals surface area contributed by atoms with E-state index in [2.05, 4.69) is 13.5 Å². The van der Waals surface area contributed by atoms with Crippen LogP contribution < -0.4 is 0 Å². The predicted molar refractivity (Wildman–Crippen MR) is 97.2 cm³/mol. The van der Waals surface area contributed by atoms with Gasteiger partial charge in [-0.2, -0.15) is 0 Å². The van der Waals surface area contributed by atoms with Crippen LogP contribution >= 0.6 is 0 Å². The average molecular weight is 356 g/mol. The Kier molecular flexibility index (Phi) is 4.01. The molecule has 4 aliphatic carbocycles. The van der Waals surface area contributed by atoms with Gasteiger partial charge in [-0.25, -0.2) is 0 Å². The molecular weight excluding hydrogens is 328 g/mol. The summed E-state index contributed by atoms with van der Waals surface area (Å²) in [5.41, 5.74) is 0.567. The Morgan fingerprint density at radius 2 is 2.04 bits per heavy atom. The molecule has 0 N–H and O–H groups in total. The highest BCUT2D eigenvalue weighted by Gasteiger charge is 2.66. The van der Waals surface area contributed by atoms with Crippen LogP contribution in [-0.4, -0.2) is 23.6 Å². The van der Waals surface area contributed by atoms with Crippen molar-refractivity contribution < 1.29 is 19.1 Å². The van der Waals surface area contributed by atoms with Gasteiger partial charge < -0.3 is 4.74 Å². The molecule has 0 unspecified atom stereocenters. The molecule has 3 fully saturated rings. The van der Waals surface area contributed by atoms with E-state index < -0.39 is 11.6 Å². The minimum atomic E-state index is -1.17. The monoisotopic (exact) mass is 356 g/mol. The first kappa shape index (κ1) is 17.7. The molecular formula is C22H28O4. The van der Waals surface area contributed by atoms with E-state index in [1.807, 2.05) is 6.08 Å². The number of hydrogen-bond donors (Lipinski definition) is 0. The topological polar surface area (TPSA) is 60.4 Å². The number of esters is 1. The second kappa shape index (κ2) is 5.90. The quantitative estimate of drug-likeness (QED) is 0.429. The van der Waals surface area contributed by atoms with Crippen molar-refractivity contribution in [1.29, 1.82) is 0 Å². The molecule has 0 amide bonds. The van der Waals surface area contributed by atoms with Gasteiger partial charge in [0, 0.05) is 18.8 Å². The van der Waals surface area contributed by atoms with E-state index in [1.165, 1.54) is 12.5 Å². The lowest BCUT2D eigenvalue weighted by Gasteiger charge is -2.54. The third-order valence-electron chi connectivity index (χ3n) is 8.00. The zero-order valence-electron chi connectivity index (χ0n) is 15.8. The molecule has 6 atom stereocenters. The molecule has 4 nitrogen and oxygen atoms in total. The van der Waals surface area contributed by atoms with Crippen LogP contribution in [-0.2, 0) is 19.1 Å². The maximum Gasteiger partial charge on any atom is 0.303 e. The zero-order valence-corrected chi connectivity index (χ0v) is 15.8. The third-order valence-corrected chi connectivity index (χ3v) is 8.00. The number of allylic oxidation sites excluding steroid dienone is 1. The molecule has 0 spiro atoms. The number of aldehydes is 1. The number of ketones is 1. The molecule has 4 heteroatoms. The van der Waals surface area contributed by atoms with E-state index in [4.69, 9.17) is 4.74 Å². The molecule has 4 aliphatic rings. The van der Waals surface area contributed by atoms with Gasteiger partial charge in [0.15, 0.2) is 17.7 Å². The summed E-state index contributed by atoms with van der Waals surface area (Å²) in [7, 11) is 0. The highest BCUT2D eigenvalue weighted by Crippen LogP contribution is 2.66. The summed E-state index contributed by atoms with van der Waals surface area (Å²) < 4.78 is 5.67. The number of rotatable bonds is 2. The van der Waals surface area contributed by atoms with Crippen molar-refractivity contribution >= 4 is 18.0 Å². The molecule has 0 saturated heterocycles. The van der Waals surface area contributed by atoms with Crippen LogP contribution in [0.15, 0.2) is 23.8 Å². The average Bonchev–Trinajstić information content (AvgIpc) is 2.82. The lowest BCUT2D eigenvalue weighted by Crippen LogP contribution is -2.55. The number of ether oxygens (including phenoxy) is 1. The van der Waals surface area contributed by atoms with Gasteiger partial charge in [-0.15, -0.1) is 0 Å². The van der Waals surface area contributed by atoms with Crippen molar-refractivity contribution in [2.24, 2.45) is 29.1 Å². The fourth-order valence-corrected chi connectivity index (χ4v) is 6.82. The minimum absolute atomic E-state index is 0.277. The number of hydrogen-bond acceptors (Lipinski definition) is 4. The van der Waals surface area contributed by atoms with E-state index in [0.29, 0.717) is 30.1 Å². The maximum absolute atomic E-state index is 12.2. The second-order valence-corrected chi connectivity index (χ2v) is 9.01. The molecule has 0 aromatic heterocycles. The fraction of sp³-hybridized carbons (Fsp3) is 0.682. The molecule has 26 heavy (non-hydrogen) atoms. The summed E-state index contributed by atoms with van der Waals surface area (Å²) in [5.74, 6) is 1.79. The second-order valence-electron chi connectivity index (χ2n) is 9.01. The van der Waals surface area contributed by atoms with Gasteiger partial charge in [0.25, 0.3) is 0 Å². The molecule has 0 bridgehead atoms. The lowest BCUT2D eigenvalue weighted by atomic mass is 9.50. The van der Waals surface area contributed by atoms with Gasteiger partial charge in [-0.1, -0.05) is 19.1 Å². The molecule has 0 radical (unpaired) electrons. The third kappa shape index (κ3) is 2.23. The largest absolute Gasteiger partial charge is 0.446 e. The van der Waals surface area contributed by atoms with Crippen LogP contribution in [0, 0.1) is 29.1 Å². The Balaban J connectivity index is 1.69. The molecule has 0 aromatic rings. The van der Waals surface area contributed by atoms with Gasteiger partial charge in [-0.3, -0.25) is 14.4 Å². The highest BCUT2D eigenvalue weighted by molar-refractivity contribution is 5.91. The van der Waals surface area contributed by atoms with Crippen LogP contribution in [0.1, 0.15) is 58.8 Å². The first-order valence-electron chi connectivity index (χ1n) is 9.90. The Hall–Kier alpha value is -1.71. The maximum atomic E-state index is 12.2. The van der Waals surface area contributed by atoms with Crippen LogP contribution in [0.4, 0.5) is 0 Å². The highest BCUT2D eigenvalue weighted by atomic mass is 16.6. The summed E-state index contributed by atoms with van der Waals surface area (Å²) in [6.07, 6.45) is 9.07. The van der Waals surface area contributed by atoms with Crippen molar-refractivity contribution in [3.05, 3.63) is 23.8 Å². The SMILES string of the molecule is C=C1C[C@H]2[C@@H]3CCC4=CC(=O)CC[C@@H]4[C@H]3CC[C@]2(C)[C@@]1(C=O)OC(C)=O. The lowest BCUT2D eigenvalue weighted by molar-refractivity contribution is -0.175. The Morgan fingerprint density at radius 1 is 1.27 bits per heavy atom. The van der Waals surface area contributed by atoms with E-state index in [-0.39, 0.29) is 11.2 Å². The summed E-state index contributed by atoms with van der Waals surface area (Å²) in [5, 5.41) is 0. The van der Waals surface area contributed by atoms with Crippen LogP contribution in [0.3, 0.4) is 0 Å². The Bertz CT molecular complexity index is 720. The molecule has 140 valence electrons. The summed E-state index contributed by atoms with van der Waals surface area (Å²) >= 11 is 0. The summed E-state index contributed by atoms with van der Waals surface area (Å²) in [4.78, 5) is 35.7. The Labute approximate surface area is 155 Å². The van der Waals surface area contributed by atoms with Gasteiger partial charge in [-0.05, 0) is 73.8 Å². The molecule has 0 heterocycles. The van der Waals surface area contributed by atoms with Crippen LogP contribution in [0.2, 0.25) is 0 Å². The fourth-order valence-electron chi connectivity index (χ4n) is 6.82. The summed E-state index contributed by atoms with van der Waals surface area (Å²) in [6.45, 7) is 7.66. The van der Waals surface area contributed by atoms with Gasteiger partial charge in [0.2, 0.25) is 0 Å². The van der Waals surface area contributed by atoms with E-state index in [9.17, 15) is 14.4 Å². The summed E-state index contributed by atoms with van der Waals surface area (Å²) in [6, 6.07) is 0. The van der Waals surface area contributed by atoms with Crippen LogP contribution in [0.5, 0.6) is 0 Å². The van der Waals surface area contributed by atoms with Crippen molar-refractivity contribution in [2.45, 2.75) is 64.4 Å². The van der Waals surface area contributed by atoms with Crippen molar-refractivity contribution in [3.8, 4) is 0 Å². The number of carbonyl (C=O) groups excluding carboxylic acids is 3. The van der Waals surface area contributed by atoms with Gasteiger partial charge in [0.05, 0.1) is 0 Å². The van der Waals surface area contributed by atoms with Crippen molar-refractivity contribution in [1.82, 2.24) is 0 Å². The number of carbonyl (C=O) groups is 3. The van der Waals surface area contributed by atoms with E-state index in [1.54, 1.807) is 0 Å². The minimum Gasteiger partial charge on any atom is -0.446 e. The van der Waals surface area contributed by atoms with E-state index >= 15 is 0 Å². The molecule has 4 rings (SSSR count). The molecule has 0 aromatic carbocycles. The van der Waals surface area contributed by atoms with Crippen molar-refractivity contribution in [3.63, 3.8) is 0 Å². The van der Waals surface area contributed by atoms with Gasteiger partial charge in [0.1, 0.15) is 0 Å². The van der Waals surface area contributed by atoms with Crippen molar-refractivity contribution in [2.75, 3.05) is 0 Å². The number of fused-ring (bicyclic) bond motifs is 5.